The molecule has 1 aromatic rings. The van der Waals surface area contributed by atoms with E-state index in [2.05, 4.69) is 21.2 Å². The normalized spacial score (nSPS) is 24.7. The van der Waals surface area contributed by atoms with Crippen molar-refractivity contribution in [1.82, 2.24) is 5.32 Å². The predicted molar refractivity (Wildman–Crippen MR) is 87.1 cm³/mol. The van der Waals surface area contributed by atoms with Crippen molar-refractivity contribution < 1.29 is 23.8 Å². The van der Waals surface area contributed by atoms with Gasteiger partial charge < -0.3 is 19.5 Å². The molecule has 0 aromatic heterocycles. The number of ether oxygens (including phenoxy) is 3. The van der Waals surface area contributed by atoms with Crippen molar-refractivity contribution in [2.45, 2.75) is 38.4 Å². The average molecular weight is 394 g/mol. The van der Waals surface area contributed by atoms with Crippen LogP contribution in [0, 0.1) is 0 Å². The van der Waals surface area contributed by atoms with Gasteiger partial charge in [0, 0.05) is 27.9 Å². The van der Waals surface area contributed by atoms with Crippen LogP contribution in [0.5, 0.6) is 5.75 Å². The smallest absolute Gasteiger partial charge is 0.337 e. The quantitative estimate of drug-likeness (QED) is 0.742. The zero-order valence-electron chi connectivity index (χ0n) is 13.3. The average Bonchev–Trinajstić information content (AvgIpc) is 2.75. The number of hydrogen-bond acceptors (Lipinski definition) is 5. The lowest BCUT2D eigenvalue weighted by Crippen LogP contribution is -2.38. The van der Waals surface area contributed by atoms with Gasteiger partial charge in [0.05, 0.1) is 17.9 Å². The lowest BCUT2D eigenvalue weighted by molar-refractivity contribution is -0.144. The third kappa shape index (κ3) is 2.34. The Morgan fingerprint density at radius 1 is 1.29 bits per heavy atom. The van der Waals surface area contributed by atoms with Gasteiger partial charge in [-0.25, -0.2) is 4.79 Å². The van der Waals surface area contributed by atoms with E-state index in [4.69, 9.17) is 14.2 Å². The minimum atomic E-state index is -0.837. The Kier molecular flexibility index (Phi) is 3.47. The SMILES string of the molecule is CC1(C)OC(=O)C2=C1NC(=O)CC2c1cc(Br)cc2c1OCOC2. The number of benzene rings is 1. The Hall–Kier alpha value is -1.86. The van der Waals surface area contributed by atoms with Gasteiger partial charge >= 0.3 is 5.97 Å². The monoisotopic (exact) mass is 393 g/mol. The molecule has 0 saturated carbocycles. The van der Waals surface area contributed by atoms with Crippen molar-refractivity contribution in [3.05, 3.63) is 39.0 Å². The summed E-state index contributed by atoms with van der Waals surface area (Å²) < 4.78 is 17.3. The standard InChI is InChI=1S/C17H16BrNO5/c1-17(2)15-13(16(21)24-17)10(5-12(20)19-15)11-4-9(18)3-8-6-22-7-23-14(8)11/h3-4,10H,5-7H2,1-2H3,(H,19,20). The molecule has 1 aromatic carbocycles. The van der Waals surface area contributed by atoms with Gasteiger partial charge in [-0.1, -0.05) is 15.9 Å². The number of carbonyl (C=O) groups excluding carboxylic acids is 2. The lowest BCUT2D eigenvalue weighted by atomic mass is 9.82. The molecular weight excluding hydrogens is 378 g/mol. The van der Waals surface area contributed by atoms with E-state index in [1.807, 2.05) is 12.1 Å². The molecule has 0 fully saturated rings. The third-order valence-corrected chi connectivity index (χ3v) is 4.98. The van der Waals surface area contributed by atoms with E-state index in [1.165, 1.54) is 0 Å². The van der Waals surface area contributed by atoms with Crippen molar-refractivity contribution in [3.63, 3.8) is 0 Å². The van der Waals surface area contributed by atoms with E-state index in [-0.39, 0.29) is 25.1 Å². The van der Waals surface area contributed by atoms with Crippen molar-refractivity contribution in [3.8, 4) is 5.75 Å². The highest BCUT2D eigenvalue weighted by Gasteiger charge is 2.48. The van der Waals surface area contributed by atoms with E-state index in [0.29, 0.717) is 23.6 Å². The van der Waals surface area contributed by atoms with Crippen LogP contribution in [0.2, 0.25) is 0 Å². The molecule has 1 N–H and O–H groups in total. The van der Waals surface area contributed by atoms with Crippen molar-refractivity contribution in [2.75, 3.05) is 6.79 Å². The minimum absolute atomic E-state index is 0.133. The molecule has 1 amide bonds. The lowest BCUT2D eigenvalue weighted by Gasteiger charge is -2.29. The summed E-state index contributed by atoms with van der Waals surface area (Å²) in [6, 6.07) is 3.82. The second kappa shape index (κ2) is 5.32. The van der Waals surface area contributed by atoms with E-state index >= 15 is 0 Å². The number of cyclic esters (lactones) is 1. The first-order valence-electron chi connectivity index (χ1n) is 7.67. The molecule has 0 spiro atoms. The Balaban J connectivity index is 1.90. The third-order valence-electron chi connectivity index (χ3n) is 4.52. The van der Waals surface area contributed by atoms with Gasteiger partial charge in [0.25, 0.3) is 0 Å². The van der Waals surface area contributed by atoms with Gasteiger partial charge in [-0.15, -0.1) is 0 Å². The second-order valence-corrected chi connectivity index (χ2v) is 7.50. The van der Waals surface area contributed by atoms with Gasteiger partial charge in [-0.3, -0.25) is 4.79 Å². The Labute approximate surface area is 147 Å². The summed E-state index contributed by atoms with van der Waals surface area (Å²) in [5.74, 6) is -0.229. The van der Waals surface area contributed by atoms with E-state index < -0.39 is 11.5 Å². The molecule has 3 aliphatic heterocycles. The van der Waals surface area contributed by atoms with Crippen LogP contribution in [0.25, 0.3) is 0 Å². The molecule has 0 aliphatic carbocycles. The van der Waals surface area contributed by atoms with E-state index in [9.17, 15) is 9.59 Å². The maximum absolute atomic E-state index is 12.5. The number of fused-ring (bicyclic) bond motifs is 1. The molecular formula is C17H16BrNO5. The fourth-order valence-electron chi connectivity index (χ4n) is 3.51. The topological polar surface area (TPSA) is 73.9 Å². The number of hydrogen-bond donors (Lipinski definition) is 1. The van der Waals surface area contributed by atoms with E-state index in [1.54, 1.807) is 13.8 Å². The van der Waals surface area contributed by atoms with Crippen LogP contribution in [0.15, 0.2) is 27.9 Å². The van der Waals surface area contributed by atoms with Crippen LogP contribution >= 0.6 is 15.9 Å². The summed E-state index contributed by atoms with van der Waals surface area (Å²) in [5.41, 5.74) is 1.92. The Bertz CT molecular complexity index is 798. The van der Waals surface area contributed by atoms with Crippen LogP contribution in [0.3, 0.4) is 0 Å². The molecule has 0 bridgehead atoms. The largest absolute Gasteiger partial charge is 0.467 e. The molecule has 1 unspecified atom stereocenters. The summed E-state index contributed by atoms with van der Waals surface area (Å²) in [5, 5.41) is 2.81. The second-order valence-electron chi connectivity index (χ2n) is 6.59. The first kappa shape index (κ1) is 15.7. The minimum Gasteiger partial charge on any atom is -0.467 e. The number of nitrogens with one attached hydrogen (secondary N) is 1. The van der Waals surface area contributed by atoms with Gasteiger partial charge in [-0.2, -0.15) is 0 Å². The highest BCUT2D eigenvalue weighted by Crippen LogP contribution is 2.47. The van der Waals surface area contributed by atoms with Gasteiger partial charge in [-0.05, 0) is 26.0 Å². The number of amides is 1. The predicted octanol–water partition coefficient (Wildman–Crippen LogP) is 2.51. The Morgan fingerprint density at radius 3 is 2.88 bits per heavy atom. The van der Waals surface area contributed by atoms with Crippen LogP contribution in [0.4, 0.5) is 0 Å². The zero-order valence-corrected chi connectivity index (χ0v) is 14.9. The summed E-state index contributed by atoms with van der Waals surface area (Å²) in [6.45, 7) is 4.14. The maximum Gasteiger partial charge on any atom is 0.337 e. The zero-order chi connectivity index (χ0) is 17.1. The van der Waals surface area contributed by atoms with Crippen molar-refractivity contribution >= 4 is 27.8 Å². The van der Waals surface area contributed by atoms with Gasteiger partial charge in [0.15, 0.2) is 6.79 Å². The molecule has 7 heteroatoms. The number of rotatable bonds is 1. The molecule has 1 atom stereocenters. The molecule has 126 valence electrons. The highest BCUT2D eigenvalue weighted by atomic mass is 79.9. The summed E-state index contributed by atoms with van der Waals surface area (Å²) in [6.07, 6.45) is 0.178. The first-order chi connectivity index (χ1) is 11.4. The molecule has 3 heterocycles. The molecule has 0 saturated heterocycles. The number of esters is 1. The number of halogens is 1. The molecule has 6 nitrogen and oxygen atoms in total. The van der Waals surface area contributed by atoms with Gasteiger partial charge in [0.1, 0.15) is 11.4 Å². The molecule has 24 heavy (non-hydrogen) atoms. The van der Waals surface area contributed by atoms with Crippen LogP contribution in [-0.2, 0) is 25.7 Å². The van der Waals surface area contributed by atoms with Crippen molar-refractivity contribution in [1.29, 1.82) is 0 Å². The summed E-state index contributed by atoms with van der Waals surface area (Å²) in [4.78, 5) is 24.7. The molecule has 0 radical (unpaired) electrons. The first-order valence-corrected chi connectivity index (χ1v) is 8.47. The van der Waals surface area contributed by atoms with Crippen LogP contribution < -0.4 is 10.1 Å². The fraction of sp³-hybridized carbons (Fsp3) is 0.412. The summed E-state index contributed by atoms with van der Waals surface area (Å²) >= 11 is 3.49. The summed E-state index contributed by atoms with van der Waals surface area (Å²) in [7, 11) is 0. The Morgan fingerprint density at radius 2 is 2.08 bits per heavy atom. The molecule has 3 aliphatic rings. The number of carbonyl (C=O) groups is 2. The maximum atomic E-state index is 12.5. The van der Waals surface area contributed by atoms with Crippen LogP contribution in [0.1, 0.15) is 37.3 Å². The molecule has 4 rings (SSSR count). The van der Waals surface area contributed by atoms with Crippen molar-refractivity contribution in [2.24, 2.45) is 0 Å². The van der Waals surface area contributed by atoms with E-state index in [0.717, 1.165) is 15.6 Å². The van der Waals surface area contributed by atoms with Gasteiger partial charge in [0.2, 0.25) is 5.91 Å². The van der Waals surface area contributed by atoms with Crippen LogP contribution in [-0.4, -0.2) is 24.3 Å². The highest BCUT2D eigenvalue weighted by molar-refractivity contribution is 9.10. The fourth-order valence-corrected chi connectivity index (χ4v) is 4.03.